The van der Waals surface area contributed by atoms with Gasteiger partial charge in [-0.05, 0) is 35.5 Å². The molecule has 0 aromatic rings. The van der Waals surface area contributed by atoms with Crippen LogP contribution in [0.1, 0.15) is 40.5 Å². The Hall–Kier alpha value is -0.370. The van der Waals surface area contributed by atoms with Crippen molar-refractivity contribution in [3.63, 3.8) is 0 Å². The minimum atomic E-state index is -0.0380. The van der Waals surface area contributed by atoms with Crippen LogP contribution in [0.2, 0.25) is 0 Å². The molecule has 2 nitrogen and oxygen atoms in total. The van der Waals surface area contributed by atoms with Crippen molar-refractivity contribution in [2.45, 2.75) is 52.2 Å². The lowest BCUT2D eigenvalue weighted by Gasteiger charge is -2.29. The molecule has 0 amide bonds. The van der Waals surface area contributed by atoms with E-state index in [0.29, 0.717) is 29.1 Å². The van der Waals surface area contributed by atoms with Gasteiger partial charge >= 0.3 is 0 Å². The van der Waals surface area contributed by atoms with Crippen molar-refractivity contribution in [2.75, 3.05) is 0 Å². The normalized spacial score (nSPS) is 62.2. The van der Waals surface area contributed by atoms with E-state index in [1.165, 1.54) is 6.42 Å². The zero-order valence-corrected chi connectivity index (χ0v) is 11.2. The second-order valence-electron chi connectivity index (χ2n) is 7.54. The van der Waals surface area contributed by atoms with Gasteiger partial charge in [-0.25, -0.2) is 0 Å². The molecule has 7 atom stereocenters. The summed E-state index contributed by atoms with van der Waals surface area (Å²) in [5.74, 6) is 3.37. The molecule has 0 radical (unpaired) electrons. The zero-order valence-electron chi connectivity index (χ0n) is 11.2. The number of hydrogen-bond acceptors (Lipinski definition) is 2. The highest BCUT2D eigenvalue weighted by Crippen LogP contribution is 2.75. The average molecular weight is 234 g/mol. The van der Waals surface area contributed by atoms with Crippen molar-refractivity contribution >= 4 is 5.78 Å². The van der Waals surface area contributed by atoms with Crippen molar-refractivity contribution in [1.82, 2.24) is 0 Å². The molecule has 0 aromatic heterocycles. The highest BCUT2D eigenvalue weighted by molar-refractivity contribution is 5.84. The van der Waals surface area contributed by atoms with Crippen LogP contribution in [-0.4, -0.2) is 17.5 Å². The maximum Gasteiger partial charge on any atom is 0.139 e. The summed E-state index contributed by atoms with van der Waals surface area (Å²) in [5.41, 5.74) is 0.340. The molecule has 0 N–H and O–H groups in total. The minimum absolute atomic E-state index is 0.0380. The Balaban J connectivity index is 1.81. The lowest BCUT2D eigenvalue weighted by atomic mass is 9.75. The van der Waals surface area contributed by atoms with Crippen molar-refractivity contribution in [3.05, 3.63) is 0 Å². The van der Waals surface area contributed by atoms with Crippen molar-refractivity contribution in [3.8, 4) is 0 Å². The van der Waals surface area contributed by atoms with Crippen LogP contribution in [0.4, 0.5) is 0 Å². The Morgan fingerprint density at radius 2 is 1.94 bits per heavy atom. The number of ketones is 1. The molecule has 1 aliphatic heterocycles. The Kier molecular flexibility index (Phi) is 1.63. The fourth-order valence-electron chi connectivity index (χ4n) is 5.51. The number of hydrogen-bond donors (Lipinski definition) is 0. The third kappa shape index (κ3) is 0.973. The maximum atomic E-state index is 12.3. The highest BCUT2D eigenvalue weighted by atomic mass is 16.6. The van der Waals surface area contributed by atoms with E-state index in [2.05, 4.69) is 27.7 Å². The summed E-state index contributed by atoms with van der Waals surface area (Å²) in [6, 6.07) is 0. The average Bonchev–Trinajstić information content (AvgIpc) is 3.05. The SMILES string of the molecule is C[C@@H]1C[C@H]2O[C@@]23[C@@H]1[C@H]1[C@@H](CC(=O)[C@@H]3C)C1(C)C. The van der Waals surface area contributed by atoms with E-state index in [-0.39, 0.29) is 11.5 Å². The van der Waals surface area contributed by atoms with Crippen molar-refractivity contribution in [2.24, 2.45) is 35.0 Å². The summed E-state index contributed by atoms with van der Waals surface area (Å²) in [6.45, 7) is 9.19. The molecule has 4 rings (SSSR count). The van der Waals surface area contributed by atoms with Gasteiger partial charge in [0, 0.05) is 12.3 Å². The van der Waals surface area contributed by atoms with E-state index in [0.717, 1.165) is 18.3 Å². The Morgan fingerprint density at radius 1 is 1.24 bits per heavy atom. The van der Waals surface area contributed by atoms with E-state index in [1.54, 1.807) is 0 Å². The minimum Gasteiger partial charge on any atom is -0.365 e. The number of carbonyl (C=O) groups is 1. The predicted molar refractivity (Wildman–Crippen MR) is 64.4 cm³/mol. The number of rotatable bonds is 0. The van der Waals surface area contributed by atoms with E-state index in [9.17, 15) is 4.79 Å². The van der Waals surface area contributed by atoms with E-state index in [4.69, 9.17) is 4.74 Å². The van der Waals surface area contributed by atoms with E-state index >= 15 is 0 Å². The molecule has 2 heteroatoms. The molecule has 94 valence electrons. The fraction of sp³-hybridized carbons (Fsp3) is 0.933. The van der Waals surface area contributed by atoms with Gasteiger partial charge in [-0.3, -0.25) is 4.79 Å². The summed E-state index contributed by atoms with van der Waals surface area (Å²) >= 11 is 0. The molecule has 3 saturated carbocycles. The second kappa shape index (κ2) is 2.64. The van der Waals surface area contributed by atoms with Gasteiger partial charge in [0.1, 0.15) is 11.4 Å². The number of fused-ring (bicyclic) bond motifs is 2. The summed E-state index contributed by atoms with van der Waals surface area (Å²) < 4.78 is 6.05. The van der Waals surface area contributed by atoms with Crippen LogP contribution in [0.25, 0.3) is 0 Å². The van der Waals surface area contributed by atoms with Crippen LogP contribution >= 0.6 is 0 Å². The number of epoxide rings is 1. The molecule has 0 unspecified atom stereocenters. The Morgan fingerprint density at radius 3 is 2.65 bits per heavy atom. The van der Waals surface area contributed by atoms with Gasteiger partial charge in [-0.2, -0.15) is 0 Å². The quantitative estimate of drug-likeness (QED) is 0.603. The van der Waals surface area contributed by atoms with E-state index in [1.807, 2.05) is 0 Å². The van der Waals surface area contributed by atoms with Gasteiger partial charge < -0.3 is 4.74 Å². The predicted octanol–water partition coefficient (Wildman–Crippen LogP) is 2.66. The summed E-state index contributed by atoms with van der Waals surface area (Å²) in [7, 11) is 0. The number of ether oxygens (including phenoxy) is 1. The van der Waals surface area contributed by atoms with Gasteiger partial charge in [0.25, 0.3) is 0 Å². The zero-order chi connectivity index (χ0) is 12.2. The lowest BCUT2D eigenvalue weighted by Crippen LogP contribution is -2.37. The summed E-state index contributed by atoms with van der Waals surface area (Å²) in [4.78, 5) is 12.3. The second-order valence-corrected chi connectivity index (χ2v) is 7.54. The van der Waals surface area contributed by atoms with Crippen molar-refractivity contribution in [1.29, 1.82) is 0 Å². The highest BCUT2D eigenvalue weighted by Gasteiger charge is 2.79. The third-order valence-electron chi connectivity index (χ3n) is 6.62. The number of Topliss-reactive ketones (excluding diaryl/α,β-unsaturated/α-hetero) is 1. The first-order valence-electron chi connectivity index (χ1n) is 7.11. The fourth-order valence-corrected chi connectivity index (χ4v) is 5.51. The first-order chi connectivity index (χ1) is 7.90. The maximum absolute atomic E-state index is 12.3. The van der Waals surface area contributed by atoms with Crippen LogP contribution in [0.3, 0.4) is 0 Å². The summed E-state index contributed by atoms with van der Waals surface area (Å²) in [5, 5.41) is 0. The lowest BCUT2D eigenvalue weighted by molar-refractivity contribution is -0.125. The van der Waals surface area contributed by atoms with Gasteiger partial charge in [0.05, 0.1) is 6.10 Å². The van der Waals surface area contributed by atoms with E-state index < -0.39 is 0 Å². The molecular weight excluding hydrogens is 212 g/mol. The molecule has 4 fully saturated rings. The van der Waals surface area contributed by atoms with Crippen LogP contribution < -0.4 is 0 Å². The molecule has 1 heterocycles. The van der Waals surface area contributed by atoms with Gasteiger partial charge in [-0.1, -0.05) is 27.7 Å². The first kappa shape index (κ1) is 10.5. The molecule has 0 bridgehead atoms. The molecule has 0 aromatic carbocycles. The number of carbonyl (C=O) groups excluding carboxylic acids is 1. The molecule has 17 heavy (non-hydrogen) atoms. The molecule has 4 aliphatic rings. The third-order valence-corrected chi connectivity index (χ3v) is 6.62. The molecular formula is C15H22O2. The van der Waals surface area contributed by atoms with Gasteiger partial charge in [0.2, 0.25) is 0 Å². The smallest absolute Gasteiger partial charge is 0.139 e. The monoisotopic (exact) mass is 234 g/mol. The Bertz CT molecular complexity index is 413. The standard InChI is InChI=1S/C15H22O2/c1-7-5-11-15(17-11)8(2)10(16)6-9-13(12(7)15)14(9,3)4/h7-9,11-13H,5-6H2,1-4H3/t7-,8+,9-,11-,12+,13-,15-/m1/s1. The topological polar surface area (TPSA) is 29.6 Å². The van der Waals surface area contributed by atoms with Gasteiger partial charge in [-0.15, -0.1) is 0 Å². The largest absolute Gasteiger partial charge is 0.365 e. The summed E-state index contributed by atoms with van der Waals surface area (Å²) in [6.07, 6.45) is 2.39. The van der Waals surface area contributed by atoms with Gasteiger partial charge in [0.15, 0.2) is 0 Å². The first-order valence-corrected chi connectivity index (χ1v) is 7.11. The molecule has 3 aliphatic carbocycles. The van der Waals surface area contributed by atoms with Crippen LogP contribution in [0, 0.1) is 35.0 Å². The van der Waals surface area contributed by atoms with Crippen LogP contribution in [0.15, 0.2) is 0 Å². The molecule has 1 saturated heterocycles. The molecule has 1 spiro atoms. The Labute approximate surface area is 103 Å². The van der Waals surface area contributed by atoms with Crippen LogP contribution in [-0.2, 0) is 9.53 Å². The van der Waals surface area contributed by atoms with Crippen molar-refractivity contribution < 1.29 is 9.53 Å². The van der Waals surface area contributed by atoms with Crippen LogP contribution in [0.5, 0.6) is 0 Å².